The molecule has 0 atom stereocenters. The summed E-state index contributed by atoms with van der Waals surface area (Å²) in [4.78, 5) is 0. The number of unbranched alkanes of at least 4 members (excludes halogenated alkanes) is 1. The Bertz CT molecular complexity index is 293. The molecule has 0 saturated heterocycles. The topological polar surface area (TPSA) is 12.0 Å². The van der Waals surface area contributed by atoms with Gasteiger partial charge in [0.05, 0.1) is 0 Å². The van der Waals surface area contributed by atoms with Crippen LogP contribution in [0.2, 0.25) is 0 Å². The average Bonchev–Trinajstić information content (AvgIpc) is 2.45. The van der Waals surface area contributed by atoms with Gasteiger partial charge in [0.25, 0.3) is 0 Å². The van der Waals surface area contributed by atoms with Crippen molar-refractivity contribution in [1.29, 1.82) is 0 Å². The van der Waals surface area contributed by atoms with Crippen molar-refractivity contribution in [3.63, 3.8) is 0 Å². The predicted molar refractivity (Wildman–Crippen MR) is 90.2 cm³/mol. The summed E-state index contributed by atoms with van der Waals surface area (Å²) >= 11 is 0. The molecule has 0 saturated carbocycles. The van der Waals surface area contributed by atoms with Crippen molar-refractivity contribution >= 4 is 0 Å². The van der Waals surface area contributed by atoms with E-state index in [0.717, 1.165) is 31.5 Å². The minimum atomic E-state index is 0.999. The van der Waals surface area contributed by atoms with Crippen LogP contribution in [0.5, 0.6) is 0 Å². The van der Waals surface area contributed by atoms with Crippen LogP contribution < -0.4 is 5.32 Å². The summed E-state index contributed by atoms with van der Waals surface area (Å²) in [7, 11) is 0. The normalized spacial score (nSPS) is 11.4. The Labute approximate surface area is 120 Å². The van der Waals surface area contributed by atoms with Crippen LogP contribution in [0.3, 0.4) is 0 Å². The Balaban J connectivity index is 0. The van der Waals surface area contributed by atoms with Crippen LogP contribution in [-0.2, 0) is 0 Å². The van der Waals surface area contributed by atoms with Gasteiger partial charge < -0.3 is 5.32 Å². The second-order valence-corrected chi connectivity index (χ2v) is 3.77. The maximum absolute atomic E-state index is 3.93. The van der Waals surface area contributed by atoms with Crippen LogP contribution >= 0.6 is 0 Å². The van der Waals surface area contributed by atoms with Gasteiger partial charge in [-0.15, -0.1) is 0 Å². The molecule has 1 N–H and O–H groups in total. The summed E-state index contributed by atoms with van der Waals surface area (Å²) in [5.41, 5.74) is 1.00. The fraction of sp³-hybridized carbons (Fsp3) is 0.444. The van der Waals surface area contributed by atoms with Crippen LogP contribution in [0.4, 0.5) is 0 Å². The smallest absolute Gasteiger partial charge is 0.0263 e. The molecule has 0 radical (unpaired) electrons. The van der Waals surface area contributed by atoms with Crippen molar-refractivity contribution in [3.05, 3.63) is 60.9 Å². The summed E-state index contributed by atoms with van der Waals surface area (Å²) in [5, 5.41) is 3.24. The largest absolute Gasteiger partial charge is 0.386 e. The highest BCUT2D eigenvalue weighted by Crippen LogP contribution is 1.96. The second-order valence-electron chi connectivity index (χ2n) is 3.77. The lowest BCUT2D eigenvalue weighted by molar-refractivity contribution is 0.786. The zero-order valence-electron chi connectivity index (χ0n) is 13.2. The maximum atomic E-state index is 3.93. The van der Waals surface area contributed by atoms with Crippen molar-refractivity contribution in [3.8, 4) is 0 Å². The molecule has 19 heavy (non-hydrogen) atoms. The van der Waals surface area contributed by atoms with Gasteiger partial charge in [0.15, 0.2) is 0 Å². The molecule has 0 spiro atoms. The third-order valence-electron chi connectivity index (χ3n) is 2.08. The van der Waals surface area contributed by atoms with E-state index in [2.05, 4.69) is 43.1 Å². The molecule has 0 aromatic carbocycles. The zero-order chi connectivity index (χ0) is 14.8. The molecule has 0 rings (SSSR count). The van der Waals surface area contributed by atoms with Gasteiger partial charge in [0, 0.05) is 12.2 Å². The number of rotatable bonds is 9. The Morgan fingerprint density at radius 2 is 1.63 bits per heavy atom. The van der Waals surface area contributed by atoms with E-state index in [1.807, 2.05) is 45.1 Å². The monoisotopic (exact) mass is 261 g/mol. The van der Waals surface area contributed by atoms with Crippen molar-refractivity contribution in [2.75, 3.05) is 6.54 Å². The summed E-state index contributed by atoms with van der Waals surface area (Å²) < 4.78 is 0. The van der Waals surface area contributed by atoms with Gasteiger partial charge in [-0.2, -0.15) is 0 Å². The Morgan fingerprint density at radius 1 is 1.00 bits per heavy atom. The predicted octanol–water partition coefficient (Wildman–Crippen LogP) is 5.55. The first-order chi connectivity index (χ1) is 9.31. The molecule has 0 amide bonds. The summed E-state index contributed by atoms with van der Waals surface area (Å²) in [6, 6.07) is 0. The van der Waals surface area contributed by atoms with Crippen molar-refractivity contribution < 1.29 is 0 Å². The third-order valence-corrected chi connectivity index (χ3v) is 2.08. The Kier molecular flexibility index (Phi) is 19.7. The van der Waals surface area contributed by atoms with Gasteiger partial charge in [-0.05, 0) is 32.3 Å². The molecule has 0 aliphatic rings. The van der Waals surface area contributed by atoms with Gasteiger partial charge >= 0.3 is 0 Å². The highest BCUT2D eigenvalue weighted by atomic mass is 14.9. The molecule has 0 fully saturated rings. The first-order valence-electron chi connectivity index (χ1n) is 7.35. The number of nitrogens with one attached hydrogen (secondary N) is 1. The van der Waals surface area contributed by atoms with E-state index in [1.165, 1.54) is 0 Å². The second kappa shape index (κ2) is 18.9. The van der Waals surface area contributed by atoms with Gasteiger partial charge in [-0.25, -0.2) is 0 Å². The summed E-state index contributed by atoms with van der Waals surface area (Å²) in [5.74, 6) is 0. The molecule has 0 aromatic heterocycles. The SMILES string of the molecule is C=C(/C=C/CC\C=C/C=C/C=C/C)NCCC.CC. The van der Waals surface area contributed by atoms with E-state index in [0.29, 0.717) is 0 Å². The van der Waals surface area contributed by atoms with Crippen molar-refractivity contribution in [2.24, 2.45) is 0 Å². The average molecular weight is 261 g/mol. The van der Waals surface area contributed by atoms with Crippen molar-refractivity contribution in [2.45, 2.75) is 47.0 Å². The van der Waals surface area contributed by atoms with Crippen LogP contribution in [0.25, 0.3) is 0 Å². The Morgan fingerprint density at radius 3 is 2.26 bits per heavy atom. The lowest BCUT2D eigenvalue weighted by Crippen LogP contribution is -2.10. The highest BCUT2D eigenvalue weighted by Gasteiger charge is 1.83. The van der Waals surface area contributed by atoms with Crippen LogP contribution in [0.15, 0.2) is 60.9 Å². The fourth-order valence-corrected chi connectivity index (χ4v) is 1.18. The molecule has 108 valence electrons. The molecular weight excluding hydrogens is 230 g/mol. The van der Waals surface area contributed by atoms with Crippen LogP contribution in [0.1, 0.15) is 47.0 Å². The molecule has 0 bridgehead atoms. The molecule has 0 aliphatic heterocycles. The summed E-state index contributed by atoms with van der Waals surface area (Å²) in [6.07, 6.45) is 19.8. The third kappa shape index (κ3) is 19.0. The molecule has 0 aromatic rings. The minimum absolute atomic E-state index is 0.999. The first kappa shape index (κ1) is 19.8. The lowest BCUT2D eigenvalue weighted by atomic mass is 10.2. The van der Waals surface area contributed by atoms with E-state index in [-0.39, 0.29) is 0 Å². The van der Waals surface area contributed by atoms with E-state index < -0.39 is 0 Å². The van der Waals surface area contributed by atoms with Gasteiger partial charge in [0.1, 0.15) is 0 Å². The number of hydrogen-bond donors (Lipinski definition) is 1. The Hall–Kier alpha value is -1.50. The summed E-state index contributed by atoms with van der Waals surface area (Å²) in [6.45, 7) is 13.1. The molecule has 1 nitrogen and oxygen atoms in total. The number of hydrogen-bond acceptors (Lipinski definition) is 1. The fourth-order valence-electron chi connectivity index (χ4n) is 1.18. The maximum Gasteiger partial charge on any atom is 0.0263 e. The number of allylic oxidation sites excluding steroid dienone is 8. The van der Waals surface area contributed by atoms with Crippen molar-refractivity contribution in [1.82, 2.24) is 5.32 Å². The molecular formula is C18H31N. The quantitative estimate of drug-likeness (QED) is 0.424. The van der Waals surface area contributed by atoms with E-state index in [1.54, 1.807) is 0 Å². The van der Waals surface area contributed by atoms with Gasteiger partial charge in [0.2, 0.25) is 0 Å². The molecule has 0 heterocycles. The molecule has 0 unspecified atom stereocenters. The lowest BCUT2D eigenvalue weighted by Gasteiger charge is -2.01. The molecule has 1 heteroatoms. The highest BCUT2D eigenvalue weighted by molar-refractivity contribution is 5.13. The molecule has 0 aliphatic carbocycles. The van der Waals surface area contributed by atoms with E-state index in [9.17, 15) is 0 Å². The standard InChI is InChI=1S/C16H25N.C2H6/c1-4-6-7-8-9-10-11-12-13-14-16(3)17-15-5-2;1-2/h4,6-10,13-14,17H,3,5,11-12,15H2,1-2H3;1-2H3/b6-4+,8-7+,10-9-,14-13+;. The van der Waals surface area contributed by atoms with E-state index >= 15 is 0 Å². The minimum Gasteiger partial charge on any atom is -0.386 e. The van der Waals surface area contributed by atoms with E-state index in [4.69, 9.17) is 0 Å². The van der Waals surface area contributed by atoms with Crippen LogP contribution in [-0.4, -0.2) is 6.54 Å². The van der Waals surface area contributed by atoms with Crippen LogP contribution in [0, 0.1) is 0 Å². The zero-order valence-corrected chi connectivity index (χ0v) is 13.2. The van der Waals surface area contributed by atoms with Gasteiger partial charge in [-0.1, -0.05) is 69.9 Å². The van der Waals surface area contributed by atoms with Gasteiger partial charge in [-0.3, -0.25) is 0 Å². The first-order valence-corrected chi connectivity index (χ1v) is 7.35.